The van der Waals surface area contributed by atoms with Crippen LogP contribution in [0.1, 0.15) is 35.2 Å². The number of nitrogens with one attached hydrogen (secondary N) is 1. The smallest absolute Gasteiger partial charge is 0.222 e. The minimum atomic E-state index is 0.272. The molecule has 7 nitrogen and oxygen atoms in total. The fourth-order valence-electron chi connectivity index (χ4n) is 2.60. The van der Waals surface area contributed by atoms with Crippen LogP contribution in [0, 0.1) is 13.8 Å². The van der Waals surface area contributed by atoms with E-state index < -0.39 is 0 Å². The molecule has 0 spiro atoms. The van der Waals surface area contributed by atoms with Crippen molar-refractivity contribution in [1.29, 1.82) is 0 Å². The van der Waals surface area contributed by atoms with Gasteiger partial charge in [0.05, 0.1) is 18.8 Å². The van der Waals surface area contributed by atoms with E-state index >= 15 is 0 Å². The molecule has 1 atom stereocenters. The summed E-state index contributed by atoms with van der Waals surface area (Å²) in [5, 5.41) is 3.22. The topological polar surface area (TPSA) is 98.8 Å². The highest BCUT2D eigenvalue weighted by Crippen LogP contribution is 2.25. The van der Waals surface area contributed by atoms with Gasteiger partial charge in [-0.3, -0.25) is 0 Å². The van der Waals surface area contributed by atoms with Gasteiger partial charge in [-0.15, -0.1) is 0 Å². The highest BCUT2D eigenvalue weighted by Gasteiger charge is 2.20. The maximum absolute atomic E-state index is 5.81. The number of nitrogen functional groups attached to an aromatic ring is 1. The van der Waals surface area contributed by atoms with Crippen molar-refractivity contribution >= 4 is 11.8 Å². The summed E-state index contributed by atoms with van der Waals surface area (Å²) >= 11 is 0. The summed E-state index contributed by atoms with van der Waals surface area (Å²) in [5.74, 6) is 1.99. The van der Waals surface area contributed by atoms with Crippen molar-refractivity contribution in [2.75, 3.05) is 24.3 Å². The van der Waals surface area contributed by atoms with Gasteiger partial charge in [0, 0.05) is 30.0 Å². The Bertz CT molecular complexity index is 649. The Morgan fingerprint density at radius 3 is 2.64 bits per heavy atom. The Morgan fingerprint density at radius 1 is 1.18 bits per heavy atom. The molecule has 0 aliphatic carbocycles. The Labute approximate surface area is 129 Å². The Kier molecular flexibility index (Phi) is 4.15. The van der Waals surface area contributed by atoms with Crippen molar-refractivity contribution in [2.45, 2.75) is 32.7 Å². The molecule has 0 bridgehead atoms. The normalized spacial score (nSPS) is 17.6. The molecule has 3 rings (SSSR count). The van der Waals surface area contributed by atoms with Crippen LogP contribution in [0.4, 0.5) is 11.8 Å². The lowest BCUT2D eigenvalue weighted by atomic mass is 10.0. The van der Waals surface area contributed by atoms with Crippen LogP contribution in [-0.2, 0) is 11.3 Å². The lowest BCUT2D eigenvalue weighted by Gasteiger charge is -2.11. The van der Waals surface area contributed by atoms with Gasteiger partial charge in [0.1, 0.15) is 11.6 Å². The number of aromatic nitrogens is 4. The molecule has 22 heavy (non-hydrogen) atoms. The van der Waals surface area contributed by atoms with Crippen LogP contribution >= 0.6 is 0 Å². The van der Waals surface area contributed by atoms with Crippen molar-refractivity contribution < 1.29 is 4.74 Å². The zero-order chi connectivity index (χ0) is 15.5. The molecule has 0 radical (unpaired) electrons. The molecular weight excluding hydrogens is 280 g/mol. The summed E-state index contributed by atoms with van der Waals surface area (Å²) < 4.78 is 5.41. The monoisotopic (exact) mass is 300 g/mol. The number of hydrogen-bond donors (Lipinski definition) is 2. The number of nitrogens with zero attached hydrogens (tertiary/aromatic N) is 4. The van der Waals surface area contributed by atoms with E-state index in [-0.39, 0.29) is 5.95 Å². The summed E-state index contributed by atoms with van der Waals surface area (Å²) in [6.07, 6.45) is 0.968. The molecule has 0 amide bonds. The van der Waals surface area contributed by atoms with Gasteiger partial charge >= 0.3 is 0 Å². The van der Waals surface area contributed by atoms with Gasteiger partial charge < -0.3 is 15.8 Å². The number of hydrogen-bond acceptors (Lipinski definition) is 7. The summed E-state index contributed by atoms with van der Waals surface area (Å²) in [7, 11) is 0. The fourth-order valence-corrected chi connectivity index (χ4v) is 2.60. The summed E-state index contributed by atoms with van der Waals surface area (Å²) in [4.78, 5) is 17.3. The van der Waals surface area contributed by atoms with E-state index in [1.165, 1.54) is 0 Å². The SMILES string of the molecule is Cc1cc(C)nc(CNc2cc(C3CCOC3)nc(N)n2)n1. The number of ether oxygens (including phenoxy) is 1. The number of rotatable bonds is 4. The molecule has 0 aromatic carbocycles. The van der Waals surface area contributed by atoms with Gasteiger partial charge in [-0.25, -0.2) is 15.0 Å². The van der Waals surface area contributed by atoms with Crippen LogP contribution in [0.2, 0.25) is 0 Å². The van der Waals surface area contributed by atoms with E-state index in [2.05, 4.69) is 25.3 Å². The molecule has 7 heteroatoms. The second-order valence-electron chi connectivity index (χ2n) is 5.52. The number of aryl methyl sites for hydroxylation is 2. The minimum Gasteiger partial charge on any atom is -0.381 e. The summed E-state index contributed by atoms with van der Waals surface area (Å²) in [5.41, 5.74) is 8.64. The van der Waals surface area contributed by atoms with Crippen LogP contribution in [-0.4, -0.2) is 33.1 Å². The predicted molar refractivity (Wildman–Crippen MR) is 83.5 cm³/mol. The highest BCUT2D eigenvalue weighted by molar-refractivity contribution is 5.41. The van der Waals surface area contributed by atoms with Gasteiger partial charge in [0.2, 0.25) is 5.95 Å². The van der Waals surface area contributed by atoms with Crippen LogP contribution < -0.4 is 11.1 Å². The lowest BCUT2D eigenvalue weighted by Crippen LogP contribution is -2.11. The Morgan fingerprint density at radius 2 is 1.95 bits per heavy atom. The molecule has 2 aromatic rings. The van der Waals surface area contributed by atoms with Crippen molar-refractivity contribution in [2.24, 2.45) is 0 Å². The van der Waals surface area contributed by atoms with E-state index in [4.69, 9.17) is 10.5 Å². The molecule has 1 aliphatic heterocycles. The molecule has 3 heterocycles. The summed E-state index contributed by atoms with van der Waals surface area (Å²) in [6, 6.07) is 3.88. The number of anilines is 2. The lowest BCUT2D eigenvalue weighted by molar-refractivity contribution is 0.193. The quantitative estimate of drug-likeness (QED) is 0.884. The molecule has 1 unspecified atom stereocenters. The molecule has 1 fully saturated rings. The average molecular weight is 300 g/mol. The fraction of sp³-hybridized carbons (Fsp3) is 0.467. The number of nitrogens with two attached hydrogens (primary N) is 1. The van der Waals surface area contributed by atoms with Crippen molar-refractivity contribution in [1.82, 2.24) is 19.9 Å². The van der Waals surface area contributed by atoms with E-state index in [9.17, 15) is 0 Å². The molecule has 1 saturated heterocycles. The Balaban J connectivity index is 1.74. The van der Waals surface area contributed by atoms with Crippen LogP contribution in [0.15, 0.2) is 12.1 Å². The van der Waals surface area contributed by atoms with Crippen LogP contribution in [0.3, 0.4) is 0 Å². The zero-order valence-electron chi connectivity index (χ0n) is 12.8. The van der Waals surface area contributed by atoms with Gasteiger partial charge in [-0.1, -0.05) is 0 Å². The highest BCUT2D eigenvalue weighted by atomic mass is 16.5. The molecule has 1 aliphatic rings. The molecule has 116 valence electrons. The standard InChI is InChI=1S/C15H20N6O/c1-9-5-10(2)19-14(18-9)7-17-13-6-12(20-15(16)21-13)11-3-4-22-8-11/h5-6,11H,3-4,7-8H2,1-2H3,(H3,16,17,20,21). The molecule has 0 saturated carbocycles. The first kappa shape index (κ1) is 14.6. The average Bonchev–Trinajstić information content (AvgIpc) is 2.98. The predicted octanol–water partition coefficient (Wildman–Crippen LogP) is 1.58. The first-order valence-electron chi connectivity index (χ1n) is 7.37. The molecule has 3 N–H and O–H groups in total. The molecule has 2 aromatic heterocycles. The maximum Gasteiger partial charge on any atom is 0.222 e. The van der Waals surface area contributed by atoms with Gasteiger partial charge in [0.15, 0.2) is 0 Å². The third-order valence-electron chi connectivity index (χ3n) is 3.57. The Hall–Kier alpha value is -2.28. The maximum atomic E-state index is 5.81. The van der Waals surface area contributed by atoms with Gasteiger partial charge in [0.25, 0.3) is 0 Å². The third kappa shape index (κ3) is 3.48. The second kappa shape index (κ2) is 6.23. The van der Waals surface area contributed by atoms with E-state index in [1.54, 1.807) is 0 Å². The second-order valence-corrected chi connectivity index (χ2v) is 5.52. The van der Waals surface area contributed by atoms with Crippen molar-refractivity contribution in [3.8, 4) is 0 Å². The third-order valence-corrected chi connectivity index (χ3v) is 3.57. The first-order chi connectivity index (χ1) is 10.6. The van der Waals surface area contributed by atoms with Crippen LogP contribution in [0.25, 0.3) is 0 Å². The molecular formula is C15H20N6O. The van der Waals surface area contributed by atoms with Gasteiger partial charge in [-0.05, 0) is 26.3 Å². The van der Waals surface area contributed by atoms with Gasteiger partial charge in [-0.2, -0.15) is 4.98 Å². The minimum absolute atomic E-state index is 0.272. The summed E-state index contributed by atoms with van der Waals surface area (Å²) in [6.45, 7) is 5.88. The van der Waals surface area contributed by atoms with Crippen LogP contribution in [0.5, 0.6) is 0 Å². The largest absolute Gasteiger partial charge is 0.381 e. The zero-order valence-corrected chi connectivity index (χ0v) is 12.8. The van der Waals surface area contributed by atoms with Crippen molar-refractivity contribution in [3.05, 3.63) is 35.0 Å². The van der Waals surface area contributed by atoms with E-state index in [0.29, 0.717) is 24.9 Å². The van der Waals surface area contributed by atoms with Crippen molar-refractivity contribution in [3.63, 3.8) is 0 Å². The van der Waals surface area contributed by atoms with E-state index in [1.807, 2.05) is 26.0 Å². The first-order valence-corrected chi connectivity index (χ1v) is 7.37. The van der Waals surface area contributed by atoms with E-state index in [0.717, 1.165) is 35.9 Å².